The number of aryl methyl sites for hydroxylation is 2. The van der Waals surface area contributed by atoms with Crippen LogP contribution in [-0.2, 0) is 12.8 Å². The number of hydrogen-bond acceptors (Lipinski definition) is 2. The Kier molecular flexibility index (Phi) is 7.95. The van der Waals surface area contributed by atoms with E-state index in [0.29, 0.717) is 0 Å². The van der Waals surface area contributed by atoms with E-state index in [2.05, 4.69) is 158 Å². The smallest absolute Gasteiger partial charge is 0.0886 e. The van der Waals surface area contributed by atoms with E-state index in [4.69, 9.17) is 4.98 Å². The van der Waals surface area contributed by atoms with Crippen LogP contribution in [-0.4, -0.2) is 9.97 Å². The molecule has 0 aliphatic heterocycles. The van der Waals surface area contributed by atoms with E-state index in [1.165, 1.54) is 82.4 Å². The lowest BCUT2D eigenvalue weighted by atomic mass is 9.80. The van der Waals surface area contributed by atoms with Gasteiger partial charge in [0.15, 0.2) is 0 Å². The lowest BCUT2D eigenvalue weighted by molar-refractivity contribution is 1.00. The normalized spacial score (nSPS) is 12.6. The van der Waals surface area contributed by atoms with Crippen molar-refractivity contribution in [2.75, 3.05) is 0 Å². The molecule has 9 aromatic rings. The number of pyridine rings is 2. The molecule has 0 saturated carbocycles. The standard InChI is InChI=1S/C52H38N2/c1-2-34-14-25-45-47(29-34)51(42-21-19-35-9-3-5-11-39(35)30-42)46-26-23-41(32-48(46)52(45)43-22-20-36-10-4-6-12-40(36)31-43)37-15-17-38(18-16-37)44-24-27-50(54-33-44)49-13-7-8-28-53-49/h3-18,20,22-33H,2,19,21H2,1H3. The highest BCUT2D eigenvalue weighted by Gasteiger charge is 2.21. The van der Waals surface area contributed by atoms with E-state index in [1.807, 2.05) is 24.4 Å². The molecule has 0 spiro atoms. The number of fused-ring (bicyclic) bond motifs is 4. The van der Waals surface area contributed by atoms with E-state index in [1.54, 1.807) is 6.20 Å². The average molecular weight is 691 g/mol. The molecule has 10 rings (SSSR count). The second-order valence-electron chi connectivity index (χ2n) is 14.4. The molecule has 2 nitrogen and oxygen atoms in total. The SMILES string of the molecule is CCc1ccc2c(-c3ccc4ccccc4c3)c3cc(-c4ccc(-c5ccc(-c6ccccn6)nc5)cc4)ccc3c(C3=Cc4ccccc4CC3)c2c1. The molecule has 0 saturated heterocycles. The van der Waals surface area contributed by atoms with Gasteiger partial charge in [0.2, 0.25) is 0 Å². The largest absolute Gasteiger partial charge is 0.255 e. The highest BCUT2D eigenvalue weighted by molar-refractivity contribution is 6.21. The summed E-state index contributed by atoms with van der Waals surface area (Å²) in [6.07, 6.45) is 9.27. The van der Waals surface area contributed by atoms with Crippen LogP contribution in [0.4, 0.5) is 0 Å². The van der Waals surface area contributed by atoms with Gasteiger partial charge >= 0.3 is 0 Å². The van der Waals surface area contributed by atoms with Crippen molar-refractivity contribution in [3.8, 4) is 44.8 Å². The lowest BCUT2D eigenvalue weighted by Gasteiger charge is -2.23. The van der Waals surface area contributed by atoms with E-state index in [-0.39, 0.29) is 0 Å². The summed E-state index contributed by atoms with van der Waals surface area (Å²) in [6, 6.07) is 57.9. The Morgan fingerprint density at radius 2 is 1.15 bits per heavy atom. The fraction of sp³-hybridized carbons (Fsp3) is 0.0769. The Bertz CT molecular complexity index is 2880. The Hall–Kier alpha value is -6.64. The predicted octanol–water partition coefficient (Wildman–Crippen LogP) is 13.7. The van der Waals surface area contributed by atoms with Crippen molar-refractivity contribution >= 4 is 44.0 Å². The highest BCUT2D eigenvalue weighted by Crippen LogP contribution is 2.46. The maximum Gasteiger partial charge on any atom is 0.0886 e. The number of rotatable bonds is 6. The van der Waals surface area contributed by atoms with Gasteiger partial charge in [0.1, 0.15) is 0 Å². The van der Waals surface area contributed by atoms with Crippen molar-refractivity contribution < 1.29 is 0 Å². The minimum Gasteiger partial charge on any atom is -0.255 e. The topological polar surface area (TPSA) is 25.8 Å². The summed E-state index contributed by atoms with van der Waals surface area (Å²) in [5.74, 6) is 0. The number of allylic oxidation sites excluding steroid dienone is 1. The van der Waals surface area contributed by atoms with Crippen molar-refractivity contribution in [3.05, 3.63) is 192 Å². The quantitative estimate of drug-likeness (QED) is 0.162. The van der Waals surface area contributed by atoms with Crippen LogP contribution in [0.3, 0.4) is 0 Å². The van der Waals surface area contributed by atoms with Crippen LogP contribution < -0.4 is 0 Å². The molecule has 2 heterocycles. The maximum absolute atomic E-state index is 4.73. The van der Waals surface area contributed by atoms with Gasteiger partial charge in [0.05, 0.1) is 11.4 Å². The monoisotopic (exact) mass is 690 g/mol. The van der Waals surface area contributed by atoms with Crippen molar-refractivity contribution in [1.82, 2.24) is 9.97 Å². The Balaban J connectivity index is 1.16. The maximum atomic E-state index is 4.73. The first kappa shape index (κ1) is 32.0. The molecular weight excluding hydrogens is 653 g/mol. The van der Waals surface area contributed by atoms with Gasteiger partial charge in [0, 0.05) is 18.0 Å². The van der Waals surface area contributed by atoms with E-state index >= 15 is 0 Å². The van der Waals surface area contributed by atoms with Crippen LogP contribution in [0.5, 0.6) is 0 Å². The predicted molar refractivity (Wildman–Crippen MR) is 228 cm³/mol. The van der Waals surface area contributed by atoms with Gasteiger partial charge in [-0.05, 0) is 138 Å². The van der Waals surface area contributed by atoms with Crippen LogP contribution in [0.1, 0.15) is 35.6 Å². The average Bonchev–Trinajstić information content (AvgIpc) is 3.25. The summed E-state index contributed by atoms with van der Waals surface area (Å²) in [5, 5.41) is 7.76. The number of aromatic nitrogens is 2. The van der Waals surface area contributed by atoms with Crippen LogP contribution in [0.15, 0.2) is 170 Å². The molecule has 0 bridgehead atoms. The molecule has 0 N–H and O–H groups in total. The van der Waals surface area contributed by atoms with Crippen molar-refractivity contribution in [2.45, 2.75) is 26.2 Å². The molecule has 0 fully saturated rings. The first-order valence-electron chi connectivity index (χ1n) is 19.0. The van der Waals surface area contributed by atoms with Gasteiger partial charge in [-0.2, -0.15) is 0 Å². The molecule has 0 unspecified atom stereocenters. The molecule has 7 aromatic carbocycles. The van der Waals surface area contributed by atoms with E-state index in [0.717, 1.165) is 41.8 Å². The second-order valence-corrected chi connectivity index (χ2v) is 14.4. The summed E-state index contributed by atoms with van der Waals surface area (Å²) in [4.78, 5) is 9.18. The number of hydrogen-bond donors (Lipinski definition) is 0. The van der Waals surface area contributed by atoms with Gasteiger partial charge < -0.3 is 0 Å². The zero-order chi connectivity index (χ0) is 36.0. The molecular formula is C52H38N2. The molecule has 54 heavy (non-hydrogen) atoms. The van der Waals surface area contributed by atoms with Gasteiger partial charge in [-0.3, -0.25) is 9.97 Å². The molecule has 1 aliphatic carbocycles. The minimum atomic E-state index is 0.875. The van der Waals surface area contributed by atoms with Crippen molar-refractivity contribution in [1.29, 1.82) is 0 Å². The summed E-state index contributed by atoms with van der Waals surface area (Å²) in [7, 11) is 0. The molecule has 0 atom stereocenters. The summed E-state index contributed by atoms with van der Waals surface area (Å²) < 4.78 is 0. The zero-order valence-corrected chi connectivity index (χ0v) is 30.3. The number of nitrogens with zero attached hydrogens (tertiary/aromatic N) is 2. The third-order valence-electron chi connectivity index (χ3n) is 11.2. The first-order chi connectivity index (χ1) is 26.7. The fourth-order valence-corrected chi connectivity index (χ4v) is 8.39. The Morgan fingerprint density at radius 3 is 1.96 bits per heavy atom. The van der Waals surface area contributed by atoms with E-state index in [9.17, 15) is 0 Å². The highest BCUT2D eigenvalue weighted by atomic mass is 14.8. The van der Waals surface area contributed by atoms with Gasteiger partial charge in [-0.1, -0.05) is 140 Å². The minimum absolute atomic E-state index is 0.875. The Labute approximate surface area is 316 Å². The van der Waals surface area contributed by atoms with Crippen LogP contribution >= 0.6 is 0 Å². The molecule has 2 heteroatoms. The number of benzene rings is 7. The van der Waals surface area contributed by atoms with Crippen molar-refractivity contribution in [3.63, 3.8) is 0 Å². The third-order valence-corrected chi connectivity index (χ3v) is 11.2. The Morgan fingerprint density at radius 1 is 0.463 bits per heavy atom. The summed E-state index contributed by atoms with van der Waals surface area (Å²) >= 11 is 0. The molecule has 0 radical (unpaired) electrons. The van der Waals surface area contributed by atoms with Crippen LogP contribution in [0.25, 0.3) is 88.7 Å². The third kappa shape index (κ3) is 5.68. The van der Waals surface area contributed by atoms with Crippen molar-refractivity contribution in [2.24, 2.45) is 0 Å². The second kappa shape index (κ2) is 13.4. The first-order valence-corrected chi connectivity index (χ1v) is 19.0. The summed E-state index contributed by atoms with van der Waals surface area (Å²) in [6.45, 7) is 2.26. The van der Waals surface area contributed by atoms with Gasteiger partial charge in [0.25, 0.3) is 0 Å². The molecule has 1 aliphatic rings. The van der Waals surface area contributed by atoms with Crippen LogP contribution in [0, 0.1) is 0 Å². The summed E-state index contributed by atoms with van der Waals surface area (Å²) in [5.41, 5.74) is 15.8. The fourth-order valence-electron chi connectivity index (χ4n) is 8.39. The zero-order valence-electron chi connectivity index (χ0n) is 30.3. The van der Waals surface area contributed by atoms with Gasteiger partial charge in [-0.25, -0.2) is 0 Å². The van der Waals surface area contributed by atoms with E-state index < -0.39 is 0 Å². The van der Waals surface area contributed by atoms with Gasteiger partial charge in [-0.15, -0.1) is 0 Å². The lowest BCUT2D eigenvalue weighted by Crippen LogP contribution is -2.01. The van der Waals surface area contributed by atoms with Crippen LogP contribution in [0.2, 0.25) is 0 Å². The molecule has 256 valence electrons. The molecule has 0 amide bonds. The molecule has 2 aromatic heterocycles.